The van der Waals surface area contributed by atoms with Gasteiger partial charge in [-0.2, -0.15) is 5.26 Å². The van der Waals surface area contributed by atoms with Crippen molar-refractivity contribution < 1.29 is 4.74 Å². The molecule has 0 saturated carbocycles. The highest BCUT2D eigenvalue weighted by Crippen LogP contribution is 2.16. The minimum absolute atomic E-state index is 0.302. The summed E-state index contributed by atoms with van der Waals surface area (Å²) in [5, 5.41) is 16.7. The monoisotopic (exact) mass is 256 g/mol. The lowest BCUT2D eigenvalue weighted by Crippen LogP contribution is -2.07. The van der Waals surface area contributed by atoms with E-state index in [1.165, 1.54) is 5.56 Å². The Morgan fingerprint density at radius 1 is 1.37 bits per heavy atom. The maximum absolute atomic E-state index is 8.99. The number of benzene rings is 1. The first-order valence-corrected chi connectivity index (χ1v) is 6.32. The standard InChI is InChI=1S/C14H16N4O/c1-3-11-6-5-7-12(8-11)19-10-14-13(9-15)16-17-18(14)4-2/h5-8H,3-4,10H2,1-2H3. The first-order chi connectivity index (χ1) is 9.28. The lowest BCUT2D eigenvalue weighted by Gasteiger charge is -2.08. The highest BCUT2D eigenvalue weighted by atomic mass is 16.5. The topological polar surface area (TPSA) is 63.7 Å². The van der Waals surface area contributed by atoms with E-state index < -0.39 is 0 Å². The molecule has 0 aliphatic rings. The van der Waals surface area contributed by atoms with E-state index in [4.69, 9.17) is 10.00 Å². The van der Waals surface area contributed by atoms with Gasteiger partial charge in [-0.25, -0.2) is 4.68 Å². The van der Waals surface area contributed by atoms with Crippen molar-refractivity contribution in [2.75, 3.05) is 0 Å². The van der Waals surface area contributed by atoms with Crippen LogP contribution >= 0.6 is 0 Å². The van der Waals surface area contributed by atoms with Gasteiger partial charge in [0, 0.05) is 6.54 Å². The highest BCUT2D eigenvalue weighted by molar-refractivity contribution is 5.29. The van der Waals surface area contributed by atoms with Gasteiger partial charge in [-0.3, -0.25) is 0 Å². The van der Waals surface area contributed by atoms with E-state index in [1.54, 1.807) is 4.68 Å². The van der Waals surface area contributed by atoms with Crippen LogP contribution in [0, 0.1) is 11.3 Å². The van der Waals surface area contributed by atoms with Crippen LogP contribution in [0.5, 0.6) is 5.75 Å². The minimum Gasteiger partial charge on any atom is -0.487 e. The van der Waals surface area contributed by atoms with Gasteiger partial charge in [-0.15, -0.1) is 5.10 Å². The fraction of sp³-hybridized carbons (Fsp3) is 0.357. The molecule has 2 aromatic rings. The largest absolute Gasteiger partial charge is 0.487 e. The Hall–Kier alpha value is -2.35. The molecule has 0 radical (unpaired) electrons. The Labute approximate surface area is 112 Å². The molecule has 0 aliphatic carbocycles. The van der Waals surface area contributed by atoms with Gasteiger partial charge in [-0.05, 0) is 31.0 Å². The smallest absolute Gasteiger partial charge is 0.189 e. The van der Waals surface area contributed by atoms with Crippen LogP contribution in [-0.2, 0) is 19.6 Å². The van der Waals surface area contributed by atoms with Crippen LogP contribution in [0.25, 0.3) is 0 Å². The Bertz CT molecular complexity index is 598. The van der Waals surface area contributed by atoms with Crippen molar-refractivity contribution >= 4 is 0 Å². The van der Waals surface area contributed by atoms with Crippen molar-refractivity contribution in [2.24, 2.45) is 0 Å². The van der Waals surface area contributed by atoms with Gasteiger partial charge in [0.15, 0.2) is 5.69 Å². The summed E-state index contributed by atoms with van der Waals surface area (Å²) in [5.74, 6) is 0.798. The SMILES string of the molecule is CCc1cccc(OCc2c(C#N)nnn2CC)c1. The van der Waals surface area contributed by atoms with Crippen LogP contribution in [0.15, 0.2) is 24.3 Å². The zero-order chi connectivity index (χ0) is 13.7. The normalized spacial score (nSPS) is 10.2. The van der Waals surface area contributed by atoms with Gasteiger partial charge in [0.1, 0.15) is 24.1 Å². The molecule has 0 amide bonds. The van der Waals surface area contributed by atoms with Crippen LogP contribution in [0.4, 0.5) is 0 Å². The minimum atomic E-state index is 0.302. The van der Waals surface area contributed by atoms with Crippen molar-refractivity contribution in [3.05, 3.63) is 41.2 Å². The second-order valence-electron chi connectivity index (χ2n) is 4.10. The number of rotatable bonds is 5. The van der Waals surface area contributed by atoms with Crippen LogP contribution in [-0.4, -0.2) is 15.0 Å². The molecule has 0 bridgehead atoms. The molecule has 5 heteroatoms. The lowest BCUT2D eigenvalue weighted by atomic mass is 10.2. The zero-order valence-electron chi connectivity index (χ0n) is 11.1. The zero-order valence-corrected chi connectivity index (χ0v) is 11.1. The maximum atomic E-state index is 8.99. The molecule has 0 saturated heterocycles. The Morgan fingerprint density at radius 2 is 2.21 bits per heavy atom. The van der Waals surface area contributed by atoms with E-state index in [9.17, 15) is 0 Å². The average molecular weight is 256 g/mol. The molecule has 2 rings (SSSR count). The molecule has 19 heavy (non-hydrogen) atoms. The third kappa shape index (κ3) is 2.91. The molecule has 5 nitrogen and oxygen atoms in total. The Balaban J connectivity index is 2.14. The highest BCUT2D eigenvalue weighted by Gasteiger charge is 2.12. The van der Waals surface area contributed by atoms with Crippen LogP contribution in [0.2, 0.25) is 0 Å². The van der Waals surface area contributed by atoms with Crippen molar-refractivity contribution in [3.8, 4) is 11.8 Å². The molecule has 0 N–H and O–H groups in total. The van der Waals surface area contributed by atoms with Crippen LogP contribution < -0.4 is 4.74 Å². The summed E-state index contributed by atoms with van der Waals surface area (Å²) in [7, 11) is 0. The number of aryl methyl sites for hydroxylation is 2. The van der Waals surface area contributed by atoms with E-state index in [1.807, 2.05) is 31.2 Å². The molecule has 0 unspecified atom stereocenters. The predicted octanol–water partition coefficient (Wildman–Crippen LogP) is 2.31. The first kappa shape index (κ1) is 13.1. The molecule has 0 fully saturated rings. The van der Waals surface area contributed by atoms with Crippen LogP contribution in [0.3, 0.4) is 0 Å². The van der Waals surface area contributed by atoms with Gasteiger partial charge in [0.25, 0.3) is 0 Å². The van der Waals surface area contributed by atoms with Gasteiger partial charge < -0.3 is 4.74 Å². The number of ether oxygens (including phenoxy) is 1. The van der Waals surface area contributed by atoms with Crippen molar-refractivity contribution in [1.29, 1.82) is 5.26 Å². The third-order valence-corrected chi connectivity index (χ3v) is 2.93. The van der Waals surface area contributed by atoms with Crippen molar-refractivity contribution in [2.45, 2.75) is 33.4 Å². The summed E-state index contributed by atoms with van der Waals surface area (Å²) >= 11 is 0. The van der Waals surface area contributed by atoms with Crippen LogP contribution in [0.1, 0.15) is 30.8 Å². The number of hydrogen-bond acceptors (Lipinski definition) is 4. The predicted molar refractivity (Wildman–Crippen MR) is 70.6 cm³/mol. The van der Waals surface area contributed by atoms with Gasteiger partial charge in [-0.1, -0.05) is 24.3 Å². The van der Waals surface area contributed by atoms with Crippen molar-refractivity contribution in [1.82, 2.24) is 15.0 Å². The average Bonchev–Trinajstić information content (AvgIpc) is 2.87. The summed E-state index contributed by atoms with van der Waals surface area (Å²) in [5.41, 5.74) is 2.26. The van der Waals surface area contributed by atoms with Gasteiger partial charge >= 0.3 is 0 Å². The molecule has 98 valence electrons. The summed E-state index contributed by atoms with van der Waals surface area (Å²) < 4.78 is 7.41. The fourth-order valence-electron chi connectivity index (χ4n) is 1.82. The quantitative estimate of drug-likeness (QED) is 0.823. The lowest BCUT2D eigenvalue weighted by molar-refractivity contribution is 0.292. The van der Waals surface area contributed by atoms with E-state index in [2.05, 4.69) is 23.3 Å². The molecule has 0 atom stereocenters. The number of aromatic nitrogens is 3. The van der Waals surface area contributed by atoms with Crippen molar-refractivity contribution in [3.63, 3.8) is 0 Å². The molecule has 0 aliphatic heterocycles. The molecular weight excluding hydrogens is 240 g/mol. The second kappa shape index (κ2) is 6.01. The van der Waals surface area contributed by atoms with E-state index >= 15 is 0 Å². The second-order valence-corrected chi connectivity index (χ2v) is 4.10. The maximum Gasteiger partial charge on any atom is 0.189 e. The molecule has 1 heterocycles. The molecule has 0 spiro atoms. The summed E-state index contributed by atoms with van der Waals surface area (Å²) in [6.45, 7) is 5.03. The molecule has 1 aromatic carbocycles. The van der Waals surface area contributed by atoms with Gasteiger partial charge in [0.05, 0.1) is 0 Å². The first-order valence-electron chi connectivity index (χ1n) is 6.32. The number of nitrogens with zero attached hydrogens (tertiary/aromatic N) is 4. The van der Waals surface area contributed by atoms with E-state index in [-0.39, 0.29) is 0 Å². The molecule has 1 aromatic heterocycles. The number of nitriles is 1. The summed E-state index contributed by atoms with van der Waals surface area (Å²) in [6, 6.07) is 9.98. The molecular formula is C14H16N4O. The Kier molecular flexibility index (Phi) is 4.14. The van der Waals surface area contributed by atoms with Gasteiger partial charge in [0.2, 0.25) is 0 Å². The number of hydrogen-bond donors (Lipinski definition) is 0. The summed E-state index contributed by atoms with van der Waals surface area (Å²) in [4.78, 5) is 0. The van der Waals surface area contributed by atoms with E-state index in [0.29, 0.717) is 24.5 Å². The van der Waals surface area contributed by atoms with E-state index in [0.717, 1.165) is 12.2 Å². The Morgan fingerprint density at radius 3 is 2.89 bits per heavy atom. The fourth-order valence-corrected chi connectivity index (χ4v) is 1.82. The third-order valence-electron chi connectivity index (χ3n) is 2.93. The summed E-state index contributed by atoms with van der Waals surface area (Å²) in [6.07, 6.45) is 0.967.